The Bertz CT molecular complexity index is 822. The summed E-state index contributed by atoms with van der Waals surface area (Å²) < 4.78 is 5.46. The van der Waals surface area contributed by atoms with Crippen molar-refractivity contribution in [1.29, 1.82) is 0 Å². The fraction of sp³-hybridized carbons (Fsp3) is 0.364. The molecule has 134 valence electrons. The fourth-order valence-corrected chi connectivity index (χ4v) is 3.25. The summed E-state index contributed by atoms with van der Waals surface area (Å²) in [7, 11) is 0. The molecule has 1 fully saturated rings. The summed E-state index contributed by atoms with van der Waals surface area (Å²) in [5.74, 6) is 1.39. The topological polar surface area (TPSA) is 42.2 Å². The second kappa shape index (κ2) is 7.83. The molecule has 0 amide bonds. The van der Waals surface area contributed by atoms with Crippen molar-refractivity contribution in [3.05, 3.63) is 71.6 Å². The van der Waals surface area contributed by atoms with E-state index in [2.05, 4.69) is 46.2 Å². The Labute approximate surface area is 154 Å². The minimum absolute atomic E-state index is 0.675. The highest BCUT2D eigenvalue weighted by molar-refractivity contribution is 5.53. The van der Waals surface area contributed by atoms with Crippen molar-refractivity contribution in [2.24, 2.45) is 0 Å². The van der Waals surface area contributed by atoms with Gasteiger partial charge >= 0.3 is 0 Å². The second-order valence-corrected chi connectivity index (χ2v) is 7.00. The molecule has 4 rings (SSSR count). The number of hydrogen-bond donors (Lipinski definition) is 0. The number of aromatic nitrogens is 2. The van der Waals surface area contributed by atoms with Crippen LogP contribution in [0.1, 0.15) is 36.8 Å². The van der Waals surface area contributed by atoms with Gasteiger partial charge in [0.05, 0.1) is 0 Å². The number of nitrogens with zero attached hydrogens (tertiary/aromatic N) is 3. The molecule has 1 aliphatic carbocycles. The van der Waals surface area contributed by atoms with Crippen molar-refractivity contribution >= 4 is 0 Å². The molecule has 0 atom stereocenters. The summed E-state index contributed by atoms with van der Waals surface area (Å²) in [5, 5.41) is 4.12. The molecule has 1 saturated carbocycles. The molecule has 26 heavy (non-hydrogen) atoms. The Balaban J connectivity index is 1.37. The van der Waals surface area contributed by atoms with E-state index < -0.39 is 0 Å². The molecule has 1 heterocycles. The first-order valence-electron chi connectivity index (χ1n) is 9.51. The molecule has 4 heteroatoms. The SMILES string of the molecule is CCc1ccc(CN(CCc2nc(-c3ccccc3)no2)C2CC2)cc1. The monoisotopic (exact) mass is 347 g/mol. The number of rotatable bonds is 8. The maximum Gasteiger partial charge on any atom is 0.228 e. The lowest BCUT2D eigenvalue weighted by molar-refractivity contribution is 0.245. The van der Waals surface area contributed by atoms with E-state index in [0.717, 1.165) is 37.4 Å². The standard InChI is InChI=1S/C22H25N3O/c1-2-17-8-10-18(11-9-17)16-25(20-12-13-20)15-14-21-23-22(24-26-21)19-6-4-3-5-7-19/h3-11,20H,2,12-16H2,1H3. The lowest BCUT2D eigenvalue weighted by atomic mass is 10.1. The first-order valence-corrected chi connectivity index (χ1v) is 9.51. The summed E-state index contributed by atoms with van der Waals surface area (Å²) in [6.45, 7) is 4.14. The third-order valence-corrected chi connectivity index (χ3v) is 4.99. The van der Waals surface area contributed by atoms with Gasteiger partial charge in [-0.2, -0.15) is 4.98 Å². The van der Waals surface area contributed by atoms with Gasteiger partial charge in [0.15, 0.2) is 0 Å². The van der Waals surface area contributed by atoms with Crippen LogP contribution in [0.25, 0.3) is 11.4 Å². The van der Waals surface area contributed by atoms with Crippen molar-refractivity contribution in [2.75, 3.05) is 6.54 Å². The predicted molar refractivity (Wildman–Crippen MR) is 103 cm³/mol. The molecule has 0 radical (unpaired) electrons. The summed E-state index contributed by atoms with van der Waals surface area (Å²) in [4.78, 5) is 7.11. The number of aryl methyl sites for hydroxylation is 1. The van der Waals surface area contributed by atoms with Gasteiger partial charge in [0.2, 0.25) is 11.7 Å². The first-order chi connectivity index (χ1) is 12.8. The highest BCUT2D eigenvalue weighted by atomic mass is 16.5. The van der Waals surface area contributed by atoms with Crippen LogP contribution in [0.2, 0.25) is 0 Å². The Kier molecular flexibility index (Phi) is 5.12. The van der Waals surface area contributed by atoms with Gasteiger partial charge in [-0.1, -0.05) is 66.7 Å². The average molecular weight is 347 g/mol. The van der Waals surface area contributed by atoms with Crippen molar-refractivity contribution in [1.82, 2.24) is 15.0 Å². The highest BCUT2D eigenvalue weighted by Gasteiger charge is 2.29. The van der Waals surface area contributed by atoms with Gasteiger partial charge in [0.1, 0.15) is 0 Å². The van der Waals surface area contributed by atoms with Crippen molar-refractivity contribution in [3.63, 3.8) is 0 Å². The zero-order valence-corrected chi connectivity index (χ0v) is 15.3. The molecule has 2 aromatic carbocycles. The zero-order chi connectivity index (χ0) is 17.8. The molecular formula is C22H25N3O. The minimum atomic E-state index is 0.675. The van der Waals surface area contributed by atoms with Crippen LogP contribution in [0.5, 0.6) is 0 Å². The Morgan fingerprint density at radius 3 is 2.42 bits per heavy atom. The largest absolute Gasteiger partial charge is 0.339 e. The minimum Gasteiger partial charge on any atom is -0.339 e. The molecule has 1 aromatic heterocycles. The van der Waals surface area contributed by atoms with E-state index in [0.29, 0.717) is 11.9 Å². The Morgan fingerprint density at radius 2 is 1.73 bits per heavy atom. The van der Waals surface area contributed by atoms with E-state index in [1.807, 2.05) is 30.3 Å². The van der Waals surface area contributed by atoms with Crippen molar-refractivity contribution in [3.8, 4) is 11.4 Å². The van der Waals surface area contributed by atoms with E-state index in [-0.39, 0.29) is 0 Å². The van der Waals surface area contributed by atoms with E-state index in [4.69, 9.17) is 4.52 Å². The van der Waals surface area contributed by atoms with Gasteiger partial charge in [0, 0.05) is 31.1 Å². The van der Waals surface area contributed by atoms with Crippen molar-refractivity contribution in [2.45, 2.75) is 45.2 Å². The normalized spacial score (nSPS) is 14.1. The molecule has 0 saturated heterocycles. The van der Waals surface area contributed by atoms with Crippen LogP contribution >= 0.6 is 0 Å². The molecule has 3 aromatic rings. The summed E-state index contributed by atoms with van der Waals surface area (Å²) in [5.41, 5.74) is 3.77. The van der Waals surface area contributed by atoms with E-state index in [1.54, 1.807) is 0 Å². The molecule has 4 nitrogen and oxygen atoms in total. The number of hydrogen-bond acceptors (Lipinski definition) is 4. The molecule has 1 aliphatic rings. The lowest BCUT2D eigenvalue weighted by Gasteiger charge is -2.21. The molecule has 0 spiro atoms. The van der Waals surface area contributed by atoms with Gasteiger partial charge in [-0.25, -0.2) is 0 Å². The smallest absolute Gasteiger partial charge is 0.228 e. The average Bonchev–Trinajstić information content (AvgIpc) is 3.44. The lowest BCUT2D eigenvalue weighted by Crippen LogP contribution is -2.28. The third-order valence-electron chi connectivity index (χ3n) is 4.99. The summed E-state index contributed by atoms with van der Waals surface area (Å²) in [6.07, 6.45) is 4.48. The van der Waals surface area contributed by atoms with Gasteiger partial charge in [-0.3, -0.25) is 4.90 Å². The van der Waals surface area contributed by atoms with Crippen LogP contribution < -0.4 is 0 Å². The quantitative estimate of drug-likeness (QED) is 0.601. The molecule has 0 aliphatic heterocycles. The Hall–Kier alpha value is -2.46. The van der Waals surface area contributed by atoms with E-state index in [1.165, 1.54) is 24.0 Å². The van der Waals surface area contributed by atoms with Crippen molar-refractivity contribution < 1.29 is 4.52 Å². The maximum atomic E-state index is 5.46. The third kappa shape index (κ3) is 4.20. The van der Waals surface area contributed by atoms with Crippen LogP contribution in [0, 0.1) is 0 Å². The van der Waals surface area contributed by atoms with E-state index >= 15 is 0 Å². The van der Waals surface area contributed by atoms with E-state index in [9.17, 15) is 0 Å². The molecule has 0 unspecified atom stereocenters. The van der Waals surface area contributed by atoms with Gasteiger partial charge in [-0.05, 0) is 30.4 Å². The summed E-state index contributed by atoms with van der Waals surface area (Å²) >= 11 is 0. The Morgan fingerprint density at radius 1 is 1.00 bits per heavy atom. The van der Waals surface area contributed by atoms with Gasteiger partial charge in [0.25, 0.3) is 0 Å². The first kappa shape index (κ1) is 17.0. The molecule has 0 bridgehead atoms. The van der Waals surface area contributed by atoms with Crippen LogP contribution in [-0.2, 0) is 19.4 Å². The molecular weight excluding hydrogens is 322 g/mol. The second-order valence-electron chi connectivity index (χ2n) is 7.00. The summed E-state index contributed by atoms with van der Waals surface area (Å²) in [6, 6.07) is 19.7. The fourth-order valence-electron chi connectivity index (χ4n) is 3.25. The van der Waals surface area contributed by atoms with Crippen LogP contribution in [0.15, 0.2) is 59.1 Å². The van der Waals surface area contributed by atoms with Crippen LogP contribution in [0.3, 0.4) is 0 Å². The molecule has 0 N–H and O–H groups in total. The number of benzene rings is 2. The maximum absolute atomic E-state index is 5.46. The highest BCUT2D eigenvalue weighted by Crippen LogP contribution is 2.28. The van der Waals surface area contributed by atoms with Gasteiger partial charge < -0.3 is 4.52 Å². The van der Waals surface area contributed by atoms with Gasteiger partial charge in [-0.15, -0.1) is 0 Å². The van der Waals surface area contributed by atoms with Crippen LogP contribution in [0.4, 0.5) is 0 Å². The zero-order valence-electron chi connectivity index (χ0n) is 15.3. The predicted octanol–water partition coefficient (Wildman–Crippen LogP) is 4.51. The van der Waals surface area contributed by atoms with Crippen LogP contribution in [-0.4, -0.2) is 27.6 Å².